The van der Waals surface area contributed by atoms with Crippen molar-refractivity contribution >= 4 is 33.2 Å². The zero-order valence-electron chi connectivity index (χ0n) is 17.8. The molecule has 1 aliphatic heterocycles. The van der Waals surface area contributed by atoms with Gasteiger partial charge in [0.25, 0.3) is 5.91 Å². The number of hydrogen-bond acceptors (Lipinski definition) is 7. The van der Waals surface area contributed by atoms with Crippen LogP contribution in [0, 0.1) is 0 Å². The minimum absolute atomic E-state index is 0.0447. The number of nitrogens with zero attached hydrogens (tertiary/aromatic N) is 1. The number of ether oxygens (including phenoxy) is 3. The first-order valence-electron chi connectivity index (χ1n) is 9.91. The second-order valence-electron chi connectivity index (χ2n) is 6.79. The Labute approximate surface area is 186 Å². The van der Waals surface area contributed by atoms with E-state index in [9.17, 15) is 18.0 Å². The van der Waals surface area contributed by atoms with Crippen molar-refractivity contribution in [2.75, 3.05) is 49.0 Å². The molecule has 0 aliphatic carbocycles. The van der Waals surface area contributed by atoms with Crippen molar-refractivity contribution in [2.45, 2.75) is 6.92 Å². The van der Waals surface area contributed by atoms with Crippen molar-refractivity contribution in [2.24, 2.45) is 0 Å². The first-order valence-corrected chi connectivity index (χ1v) is 11.5. The van der Waals surface area contributed by atoms with Gasteiger partial charge in [0, 0.05) is 19.7 Å². The molecule has 2 amide bonds. The molecule has 2 aromatic carbocycles. The Morgan fingerprint density at radius 2 is 1.88 bits per heavy atom. The first-order chi connectivity index (χ1) is 15.4. The molecule has 3 rings (SSSR count). The molecule has 172 valence electrons. The Bertz CT molecular complexity index is 1090. The van der Waals surface area contributed by atoms with Crippen LogP contribution in [0.15, 0.2) is 42.5 Å². The van der Waals surface area contributed by atoms with Crippen LogP contribution in [0.5, 0.6) is 11.5 Å². The highest BCUT2D eigenvalue weighted by molar-refractivity contribution is 7.92. The minimum atomic E-state index is -3.78. The molecule has 10 nitrogen and oxygen atoms in total. The van der Waals surface area contributed by atoms with Crippen molar-refractivity contribution in [1.82, 2.24) is 5.32 Å². The summed E-state index contributed by atoms with van der Waals surface area (Å²) in [6.07, 6.45) is 0. The maximum absolute atomic E-state index is 12.8. The summed E-state index contributed by atoms with van der Waals surface area (Å²) in [5.41, 5.74) is 0.800. The molecule has 11 heteroatoms. The Hall–Kier alpha value is -3.31. The van der Waals surface area contributed by atoms with Gasteiger partial charge in [0.1, 0.15) is 6.54 Å². The Balaban J connectivity index is 1.79. The topological polar surface area (TPSA) is 123 Å². The average Bonchev–Trinajstić information content (AvgIpc) is 3.25. The van der Waals surface area contributed by atoms with Crippen LogP contribution in [0.25, 0.3) is 0 Å². The number of anilines is 2. The molecule has 0 radical (unpaired) electrons. The molecule has 32 heavy (non-hydrogen) atoms. The number of rotatable bonds is 10. The van der Waals surface area contributed by atoms with Crippen molar-refractivity contribution < 1.29 is 32.2 Å². The predicted molar refractivity (Wildman–Crippen MR) is 119 cm³/mol. The molecule has 2 aromatic rings. The third-order valence-corrected chi connectivity index (χ3v) is 6.41. The smallest absolute Gasteiger partial charge is 0.253 e. The molecule has 1 aliphatic rings. The molecular weight excluding hydrogens is 438 g/mol. The van der Waals surface area contributed by atoms with Crippen LogP contribution in [0.1, 0.15) is 17.3 Å². The number of amides is 2. The van der Waals surface area contributed by atoms with E-state index >= 15 is 0 Å². The lowest BCUT2D eigenvalue weighted by atomic mass is 10.1. The summed E-state index contributed by atoms with van der Waals surface area (Å²) in [7, 11) is -2.25. The van der Waals surface area contributed by atoms with Gasteiger partial charge in [0.05, 0.1) is 29.3 Å². The Kier molecular flexibility index (Phi) is 7.54. The van der Waals surface area contributed by atoms with E-state index in [1.165, 1.54) is 20.1 Å². The number of para-hydroxylation sites is 1. The zero-order chi connectivity index (χ0) is 23.1. The van der Waals surface area contributed by atoms with Crippen molar-refractivity contribution in [1.29, 1.82) is 0 Å². The van der Waals surface area contributed by atoms with Gasteiger partial charge < -0.3 is 24.8 Å². The van der Waals surface area contributed by atoms with Gasteiger partial charge in [0.2, 0.25) is 22.7 Å². The highest BCUT2D eigenvalue weighted by Gasteiger charge is 2.26. The highest BCUT2D eigenvalue weighted by Crippen LogP contribution is 2.36. The van der Waals surface area contributed by atoms with E-state index in [1.807, 2.05) is 0 Å². The second kappa shape index (κ2) is 10.3. The largest absolute Gasteiger partial charge is 0.454 e. The molecule has 0 fully saturated rings. The lowest BCUT2D eigenvalue weighted by Crippen LogP contribution is -2.39. The maximum atomic E-state index is 12.8. The quantitative estimate of drug-likeness (QED) is 0.513. The normalized spacial score (nSPS) is 12.3. The summed E-state index contributed by atoms with van der Waals surface area (Å²) in [5.74, 6) is -0.283. The number of fused-ring (bicyclic) bond motifs is 1. The van der Waals surface area contributed by atoms with E-state index in [1.54, 1.807) is 36.4 Å². The van der Waals surface area contributed by atoms with Crippen LogP contribution < -0.4 is 24.4 Å². The fraction of sp³-hybridized carbons (Fsp3) is 0.333. The van der Waals surface area contributed by atoms with Crippen LogP contribution in [0.4, 0.5) is 11.4 Å². The van der Waals surface area contributed by atoms with Gasteiger partial charge in [-0.15, -0.1) is 0 Å². The molecule has 0 saturated heterocycles. The van der Waals surface area contributed by atoms with Gasteiger partial charge in [0.15, 0.2) is 11.5 Å². The SMILES string of the molecule is CCS(=O)(=O)N(CC(=O)Nc1ccccc1C(=O)NCCOC)c1ccc2c(c1)OCO2. The third kappa shape index (κ3) is 5.48. The van der Waals surface area contributed by atoms with Gasteiger partial charge >= 0.3 is 0 Å². The predicted octanol–water partition coefficient (Wildman–Crippen LogP) is 1.59. The van der Waals surface area contributed by atoms with E-state index < -0.39 is 22.5 Å². The summed E-state index contributed by atoms with van der Waals surface area (Å²) in [5, 5.41) is 5.33. The van der Waals surface area contributed by atoms with Crippen LogP contribution >= 0.6 is 0 Å². The number of hydrogen-bond donors (Lipinski definition) is 2. The molecular formula is C21H25N3O7S. The third-order valence-electron chi connectivity index (χ3n) is 4.67. The summed E-state index contributed by atoms with van der Waals surface area (Å²) < 4.78 is 41.9. The number of carbonyl (C=O) groups is 2. The van der Waals surface area contributed by atoms with E-state index in [0.29, 0.717) is 24.7 Å². The van der Waals surface area contributed by atoms with E-state index in [4.69, 9.17) is 14.2 Å². The van der Waals surface area contributed by atoms with Gasteiger partial charge in [-0.1, -0.05) is 12.1 Å². The summed E-state index contributed by atoms with van der Waals surface area (Å²) in [4.78, 5) is 25.2. The molecule has 0 unspecified atom stereocenters. The molecule has 1 heterocycles. The van der Waals surface area contributed by atoms with Crippen LogP contribution in [-0.4, -0.2) is 59.6 Å². The van der Waals surface area contributed by atoms with Gasteiger partial charge in [-0.3, -0.25) is 13.9 Å². The van der Waals surface area contributed by atoms with Gasteiger partial charge in [-0.2, -0.15) is 0 Å². The maximum Gasteiger partial charge on any atom is 0.253 e. The Morgan fingerprint density at radius 1 is 1.12 bits per heavy atom. The number of sulfonamides is 1. The number of nitrogens with one attached hydrogen (secondary N) is 2. The fourth-order valence-corrected chi connectivity index (χ4v) is 4.08. The molecule has 0 spiro atoms. The monoisotopic (exact) mass is 463 g/mol. The molecule has 0 atom stereocenters. The average molecular weight is 464 g/mol. The van der Waals surface area contributed by atoms with E-state index in [-0.39, 0.29) is 35.4 Å². The van der Waals surface area contributed by atoms with Crippen LogP contribution in [0.2, 0.25) is 0 Å². The van der Waals surface area contributed by atoms with Crippen molar-refractivity contribution in [3.63, 3.8) is 0 Å². The Morgan fingerprint density at radius 3 is 2.62 bits per heavy atom. The summed E-state index contributed by atoms with van der Waals surface area (Å²) in [6.45, 7) is 1.72. The molecule has 0 bridgehead atoms. The van der Waals surface area contributed by atoms with E-state index in [0.717, 1.165) is 4.31 Å². The molecule has 0 saturated carbocycles. The fourth-order valence-electron chi connectivity index (χ4n) is 3.02. The minimum Gasteiger partial charge on any atom is -0.454 e. The number of carbonyl (C=O) groups excluding carboxylic acids is 2. The lowest BCUT2D eigenvalue weighted by Gasteiger charge is -2.23. The summed E-state index contributed by atoms with van der Waals surface area (Å²) >= 11 is 0. The van der Waals surface area contributed by atoms with E-state index in [2.05, 4.69) is 10.6 Å². The second-order valence-corrected chi connectivity index (χ2v) is 8.97. The number of benzene rings is 2. The van der Waals surface area contributed by atoms with Crippen molar-refractivity contribution in [3.8, 4) is 11.5 Å². The molecule has 2 N–H and O–H groups in total. The van der Waals surface area contributed by atoms with Crippen molar-refractivity contribution in [3.05, 3.63) is 48.0 Å². The molecule has 0 aromatic heterocycles. The first kappa shape index (κ1) is 23.4. The van der Waals surface area contributed by atoms with Crippen LogP contribution in [0.3, 0.4) is 0 Å². The van der Waals surface area contributed by atoms with Gasteiger partial charge in [-0.25, -0.2) is 8.42 Å². The lowest BCUT2D eigenvalue weighted by molar-refractivity contribution is -0.114. The number of methoxy groups -OCH3 is 1. The standard InChI is InChI=1S/C21H25N3O7S/c1-3-32(27,28)24(15-8-9-18-19(12-15)31-14-30-18)13-20(25)23-17-7-5-4-6-16(17)21(26)22-10-11-29-2/h4-9,12H,3,10-11,13-14H2,1-2H3,(H,22,26)(H,23,25). The summed E-state index contributed by atoms with van der Waals surface area (Å²) in [6, 6.07) is 11.1. The zero-order valence-corrected chi connectivity index (χ0v) is 18.6. The van der Waals surface area contributed by atoms with Crippen LogP contribution in [-0.2, 0) is 19.6 Å². The van der Waals surface area contributed by atoms with Gasteiger partial charge in [-0.05, 0) is 31.2 Å². The highest BCUT2D eigenvalue weighted by atomic mass is 32.2.